The third-order valence-corrected chi connectivity index (χ3v) is 2.80. The highest BCUT2D eigenvalue weighted by Crippen LogP contribution is 2.19. The van der Waals surface area contributed by atoms with Crippen molar-refractivity contribution >= 4 is 39.1 Å². The lowest BCUT2D eigenvalue weighted by atomic mass is 10.3. The Morgan fingerprint density at radius 2 is 2.11 bits per heavy atom. The zero-order valence-electron chi connectivity index (χ0n) is 8.95. The number of amides is 1. The van der Waals surface area contributed by atoms with Crippen molar-refractivity contribution in [2.75, 3.05) is 5.32 Å². The monoisotopic (exact) mass is 328 g/mol. The second-order valence-corrected chi connectivity index (χ2v) is 4.67. The minimum absolute atomic E-state index is 0.0613. The number of aromatic nitrogens is 1. The van der Waals surface area contributed by atoms with Gasteiger partial charge in [-0.3, -0.25) is 4.79 Å². The molecule has 2 rings (SSSR count). The third-order valence-electron chi connectivity index (χ3n) is 2.13. The van der Waals surface area contributed by atoms with Crippen molar-refractivity contribution in [3.05, 3.63) is 57.5 Å². The van der Waals surface area contributed by atoms with E-state index in [0.717, 1.165) is 6.07 Å². The number of hydrogen-bond acceptors (Lipinski definition) is 2. The van der Waals surface area contributed by atoms with E-state index >= 15 is 0 Å². The van der Waals surface area contributed by atoms with Crippen molar-refractivity contribution in [3.63, 3.8) is 0 Å². The lowest BCUT2D eigenvalue weighted by Gasteiger charge is -2.06. The van der Waals surface area contributed by atoms with E-state index in [0.29, 0.717) is 4.60 Å². The molecule has 1 N–H and O–H groups in total. The molecule has 18 heavy (non-hydrogen) atoms. The molecule has 0 spiro atoms. The van der Waals surface area contributed by atoms with Crippen molar-refractivity contribution in [3.8, 4) is 0 Å². The molecule has 1 aromatic heterocycles. The summed E-state index contributed by atoms with van der Waals surface area (Å²) in [6.07, 6.45) is 0. The second-order valence-electron chi connectivity index (χ2n) is 3.42. The smallest absolute Gasteiger partial charge is 0.274 e. The molecule has 0 saturated carbocycles. The van der Waals surface area contributed by atoms with Crippen LogP contribution >= 0.6 is 27.5 Å². The number of anilines is 1. The number of nitrogens with zero attached hydrogens (tertiary/aromatic N) is 1. The number of halogens is 3. The molecule has 1 amide bonds. The standard InChI is InChI=1S/C12H7BrClFN2O/c13-11-3-1-2-10(16-11)12(18)17-9-5-4-7(14)6-8(9)15/h1-6H,(H,17,18). The number of carbonyl (C=O) groups is 1. The average Bonchev–Trinajstić information content (AvgIpc) is 2.32. The molecule has 6 heteroatoms. The van der Waals surface area contributed by atoms with Crippen LogP contribution in [-0.2, 0) is 0 Å². The van der Waals surface area contributed by atoms with E-state index in [1.165, 1.54) is 18.2 Å². The zero-order valence-corrected chi connectivity index (χ0v) is 11.3. The molecule has 0 bridgehead atoms. The van der Waals surface area contributed by atoms with E-state index in [1.807, 2.05) is 0 Å². The molecule has 0 saturated heterocycles. The first-order valence-electron chi connectivity index (χ1n) is 4.95. The lowest BCUT2D eigenvalue weighted by Crippen LogP contribution is -2.14. The number of rotatable bonds is 2. The molecular formula is C12H7BrClFN2O. The maximum absolute atomic E-state index is 13.5. The number of carbonyl (C=O) groups excluding carboxylic acids is 1. The molecule has 0 atom stereocenters. The Morgan fingerprint density at radius 3 is 2.78 bits per heavy atom. The first kappa shape index (κ1) is 13.0. The number of nitrogens with one attached hydrogen (secondary N) is 1. The fraction of sp³-hybridized carbons (Fsp3) is 0. The number of pyridine rings is 1. The topological polar surface area (TPSA) is 42.0 Å². The average molecular weight is 330 g/mol. The fourth-order valence-electron chi connectivity index (χ4n) is 1.31. The Bertz CT molecular complexity index is 606. The summed E-state index contributed by atoms with van der Waals surface area (Å²) in [5.41, 5.74) is 0.255. The quantitative estimate of drug-likeness (QED) is 0.849. The van der Waals surface area contributed by atoms with Gasteiger partial charge in [0.05, 0.1) is 5.69 Å². The Morgan fingerprint density at radius 1 is 1.33 bits per heavy atom. The van der Waals surface area contributed by atoms with Gasteiger partial charge in [-0.2, -0.15) is 0 Å². The van der Waals surface area contributed by atoms with Gasteiger partial charge in [-0.1, -0.05) is 17.7 Å². The Hall–Kier alpha value is -1.46. The van der Waals surface area contributed by atoms with Crippen molar-refractivity contribution in [2.45, 2.75) is 0 Å². The van der Waals surface area contributed by atoms with E-state index < -0.39 is 11.7 Å². The van der Waals surface area contributed by atoms with Crippen LogP contribution in [0.4, 0.5) is 10.1 Å². The number of benzene rings is 1. The predicted molar refractivity (Wildman–Crippen MR) is 71.3 cm³/mol. The normalized spacial score (nSPS) is 10.2. The van der Waals surface area contributed by atoms with E-state index in [1.54, 1.807) is 12.1 Å². The van der Waals surface area contributed by atoms with Crippen LogP contribution in [0.25, 0.3) is 0 Å². The molecule has 1 aromatic carbocycles. The molecule has 2 aromatic rings. The van der Waals surface area contributed by atoms with Crippen LogP contribution in [0.15, 0.2) is 41.0 Å². The summed E-state index contributed by atoms with van der Waals surface area (Å²) in [5, 5.41) is 2.69. The fourth-order valence-corrected chi connectivity index (χ4v) is 1.81. The minimum Gasteiger partial charge on any atom is -0.318 e. The van der Waals surface area contributed by atoms with Gasteiger partial charge < -0.3 is 5.32 Å². The molecule has 0 aliphatic rings. The molecular weight excluding hydrogens is 322 g/mol. The second kappa shape index (κ2) is 5.46. The van der Waals surface area contributed by atoms with Gasteiger partial charge in [-0.15, -0.1) is 0 Å². The largest absolute Gasteiger partial charge is 0.318 e. The Labute approximate surface area is 116 Å². The molecule has 1 heterocycles. The summed E-state index contributed by atoms with van der Waals surface area (Å²) < 4.78 is 14.0. The first-order valence-corrected chi connectivity index (χ1v) is 6.12. The van der Waals surface area contributed by atoms with Crippen molar-refractivity contribution < 1.29 is 9.18 Å². The molecule has 0 aliphatic carbocycles. The molecule has 0 radical (unpaired) electrons. The number of hydrogen-bond donors (Lipinski definition) is 1. The van der Waals surface area contributed by atoms with Crippen LogP contribution in [0.2, 0.25) is 5.02 Å². The van der Waals surface area contributed by atoms with E-state index in [2.05, 4.69) is 26.2 Å². The zero-order chi connectivity index (χ0) is 13.1. The predicted octanol–water partition coefficient (Wildman–Crippen LogP) is 3.89. The first-order chi connectivity index (χ1) is 8.56. The van der Waals surface area contributed by atoms with Crippen LogP contribution in [0.1, 0.15) is 10.5 Å². The van der Waals surface area contributed by atoms with Crippen LogP contribution in [0, 0.1) is 5.82 Å². The van der Waals surface area contributed by atoms with Crippen molar-refractivity contribution in [2.24, 2.45) is 0 Å². The van der Waals surface area contributed by atoms with E-state index in [9.17, 15) is 9.18 Å². The summed E-state index contributed by atoms with van der Waals surface area (Å²) in [7, 11) is 0. The van der Waals surface area contributed by atoms with Crippen LogP contribution in [0.5, 0.6) is 0 Å². The minimum atomic E-state index is -0.592. The highest BCUT2D eigenvalue weighted by atomic mass is 79.9. The van der Waals surface area contributed by atoms with Gasteiger partial charge in [0.1, 0.15) is 16.1 Å². The van der Waals surface area contributed by atoms with Crippen molar-refractivity contribution in [1.29, 1.82) is 0 Å². The summed E-state index contributed by atoms with van der Waals surface area (Å²) in [6.45, 7) is 0. The molecule has 0 fully saturated rings. The molecule has 92 valence electrons. The van der Waals surface area contributed by atoms with E-state index in [4.69, 9.17) is 11.6 Å². The molecule has 0 aliphatic heterocycles. The maximum Gasteiger partial charge on any atom is 0.274 e. The Balaban J connectivity index is 2.21. The van der Waals surface area contributed by atoms with Gasteiger partial charge in [-0.05, 0) is 46.3 Å². The SMILES string of the molecule is O=C(Nc1ccc(Cl)cc1F)c1cccc(Br)n1. The van der Waals surface area contributed by atoms with Gasteiger partial charge >= 0.3 is 0 Å². The van der Waals surface area contributed by atoms with Crippen LogP contribution in [0.3, 0.4) is 0 Å². The lowest BCUT2D eigenvalue weighted by molar-refractivity contribution is 0.102. The molecule has 3 nitrogen and oxygen atoms in total. The summed E-state index contributed by atoms with van der Waals surface area (Å²) in [4.78, 5) is 15.8. The highest BCUT2D eigenvalue weighted by molar-refractivity contribution is 9.10. The van der Waals surface area contributed by atoms with E-state index in [-0.39, 0.29) is 16.4 Å². The van der Waals surface area contributed by atoms with Gasteiger partial charge in [-0.25, -0.2) is 9.37 Å². The van der Waals surface area contributed by atoms with Crippen molar-refractivity contribution in [1.82, 2.24) is 4.98 Å². The van der Waals surface area contributed by atoms with Crippen LogP contribution < -0.4 is 5.32 Å². The summed E-state index contributed by atoms with van der Waals surface area (Å²) in [5.74, 6) is -1.08. The Kier molecular flexibility index (Phi) is 3.93. The summed E-state index contributed by atoms with van der Waals surface area (Å²) >= 11 is 8.78. The van der Waals surface area contributed by atoms with Gasteiger partial charge in [0, 0.05) is 5.02 Å². The third kappa shape index (κ3) is 3.05. The van der Waals surface area contributed by atoms with Gasteiger partial charge in [0.2, 0.25) is 0 Å². The van der Waals surface area contributed by atoms with Gasteiger partial charge in [0.15, 0.2) is 0 Å². The summed E-state index contributed by atoms with van der Waals surface area (Å²) in [6, 6.07) is 8.92. The van der Waals surface area contributed by atoms with Gasteiger partial charge in [0.25, 0.3) is 5.91 Å². The van der Waals surface area contributed by atoms with Crippen LogP contribution in [-0.4, -0.2) is 10.9 Å². The highest BCUT2D eigenvalue weighted by Gasteiger charge is 2.10. The maximum atomic E-state index is 13.5. The molecule has 0 unspecified atom stereocenters.